The minimum Gasteiger partial charge on any atom is -0.486 e. The van der Waals surface area contributed by atoms with Crippen molar-refractivity contribution in [2.45, 2.75) is 24.0 Å². The van der Waals surface area contributed by atoms with Gasteiger partial charge in [-0.25, -0.2) is 13.1 Å². The van der Waals surface area contributed by atoms with Crippen LogP contribution in [0, 0.1) is 0 Å². The van der Waals surface area contributed by atoms with Crippen molar-refractivity contribution in [3.05, 3.63) is 54.6 Å². The molecule has 22 heavy (non-hydrogen) atoms. The second-order valence-corrected chi connectivity index (χ2v) is 6.85. The molecule has 2 aromatic rings. The molecule has 1 heterocycles. The van der Waals surface area contributed by atoms with Crippen LogP contribution >= 0.6 is 0 Å². The Hall–Kier alpha value is -2.05. The van der Waals surface area contributed by atoms with Gasteiger partial charge in [-0.15, -0.1) is 0 Å². The second-order valence-electron chi connectivity index (χ2n) is 5.14. The van der Waals surface area contributed by atoms with Crippen LogP contribution in [-0.4, -0.2) is 27.2 Å². The van der Waals surface area contributed by atoms with Gasteiger partial charge in [0.15, 0.2) is 11.5 Å². The van der Waals surface area contributed by atoms with Crippen molar-refractivity contribution in [3.63, 3.8) is 0 Å². The summed E-state index contributed by atoms with van der Waals surface area (Å²) in [5.41, 5.74) is 0. The summed E-state index contributed by atoms with van der Waals surface area (Å²) < 4.78 is 38.7. The summed E-state index contributed by atoms with van der Waals surface area (Å²) >= 11 is 0. The van der Waals surface area contributed by atoms with Crippen molar-refractivity contribution in [3.8, 4) is 11.5 Å². The SMILES string of the molecule is C[C@@H](NS(=O)(=O)c1ccccc1)[C@@H]1COc2ccccc2O1. The van der Waals surface area contributed by atoms with E-state index in [0.717, 1.165) is 0 Å². The van der Waals surface area contributed by atoms with Gasteiger partial charge in [0, 0.05) is 0 Å². The number of hydrogen-bond acceptors (Lipinski definition) is 4. The quantitative estimate of drug-likeness (QED) is 0.938. The van der Waals surface area contributed by atoms with Crippen molar-refractivity contribution in [1.29, 1.82) is 0 Å². The van der Waals surface area contributed by atoms with Crippen LogP contribution < -0.4 is 14.2 Å². The molecule has 5 nitrogen and oxygen atoms in total. The first-order valence-corrected chi connectivity index (χ1v) is 8.50. The third kappa shape index (κ3) is 3.08. The van der Waals surface area contributed by atoms with Gasteiger partial charge in [0.25, 0.3) is 0 Å². The largest absolute Gasteiger partial charge is 0.486 e. The first-order valence-electron chi connectivity index (χ1n) is 7.02. The Balaban J connectivity index is 1.72. The van der Waals surface area contributed by atoms with Gasteiger partial charge in [-0.05, 0) is 31.2 Å². The molecule has 0 amide bonds. The van der Waals surface area contributed by atoms with E-state index in [2.05, 4.69) is 4.72 Å². The molecule has 1 aliphatic rings. The van der Waals surface area contributed by atoms with Crippen LogP contribution in [0.15, 0.2) is 59.5 Å². The minimum atomic E-state index is -3.57. The van der Waals surface area contributed by atoms with Gasteiger partial charge < -0.3 is 9.47 Å². The number of sulfonamides is 1. The zero-order valence-corrected chi connectivity index (χ0v) is 12.9. The highest BCUT2D eigenvalue weighted by Crippen LogP contribution is 2.31. The summed E-state index contributed by atoms with van der Waals surface area (Å²) in [7, 11) is -3.57. The first kappa shape index (κ1) is 14.9. The fourth-order valence-corrected chi connectivity index (χ4v) is 3.56. The van der Waals surface area contributed by atoms with Gasteiger partial charge in [-0.2, -0.15) is 0 Å². The highest BCUT2D eigenvalue weighted by atomic mass is 32.2. The summed E-state index contributed by atoms with van der Waals surface area (Å²) in [6.07, 6.45) is -0.381. The fraction of sp³-hybridized carbons (Fsp3) is 0.250. The molecule has 0 aromatic heterocycles. The molecular formula is C16H17NO4S. The Bertz CT molecular complexity index is 746. The number of para-hydroxylation sites is 2. The monoisotopic (exact) mass is 319 g/mol. The average molecular weight is 319 g/mol. The molecule has 0 saturated heterocycles. The molecular weight excluding hydrogens is 302 g/mol. The van der Waals surface area contributed by atoms with Crippen LogP contribution in [0.2, 0.25) is 0 Å². The molecule has 0 unspecified atom stereocenters. The lowest BCUT2D eigenvalue weighted by Crippen LogP contribution is -2.48. The zero-order valence-electron chi connectivity index (χ0n) is 12.1. The molecule has 3 rings (SSSR count). The predicted molar refractivity (Wildman–Crippen MR) is 82.6 cm³/mol. The highest BCUT2D eigenvalue weighted by molar-refractivity contribution is 7.89. The summed E-state index contributed by atoms with van der Waals surface area (Å²) in [5.74, 6) is 1.31. The lowest BCUT2D eigenvalue weighted by Gasteiger charge is -2.30. The van der Waals surface area contributed by atoms with Crippen molar-refractivity contribution in [1.82, 2.24) is 4.72 Å². The molecule has 0 spiro atoms. The molecule has 0 aliphatic carbocycles. The van der Waals surface area contributed by atoms with Crippen LogP contribution in [0.4, 0.5) is 0 Å². The van der Waals surface area contributed by atoms with Gasteiger partial charge in [0.1, 0.15) is 12.7 Å². The summed E-state index contributed by atoms with van der Waals surface area (Å²) in [5, 5.41) is 0. The number of benzene rings is 2. The smallest absolute Gasteiger partial charge is 0.240 e. The topological polar surface area (TPSA) is 64.6 Å². The molecule has 6 heteroatoms. The summed E-state index contributed by atoms with van der Waals surface area (Å²) in [4.78, 5) is 0.235. The zero-order chi connectivity index (χ0) is 15.6. The van der Waals surface area contributed by atoms with Gasteiger partial charge >= 0.3 is 0 Å². The van der Waals surface area contributed by atoms with Gasteiger partial charge in [-0.1, -0.05) is 30.3 Å². The molecule has 0 saturated carbocycles. The van der Waals surface area contributed by atoms with E-state index in [1.165, 1.54) is 0 Å². The van der Waals surface area contributed by atoms with Crippen LogP contribution in [0.1, 0.15) is 6.92 Å². The minimum absolute atomic E-state index is 0.235. The summed E-state index contributed by atoms with van der Waals surface area (Å²) in [6, 6.07) is 15.2. The van der Waals surface area contributed by atoms with E-state index in [1.54, 1.807) is 43.3 Å². The fourth-order valence-electron chi connectivity index (χ4n) is 2.27. The van der Waals surface area contributed by atoms with Crippen LogP contribution in [0.3, 0.4) is 0 Å². The normalized spacial score (nSPS) is 18.7. The Labute approximate surface area is 129 Å². The van der Waals surface area contributed by atoms with Crippen LogP contribution in [0.25, 0.3) is 0 Å². The maximum atomic E-state index is 12.3. The van der Waals surface area contributed by atoms with Crippen LogP contribution in [0.5, 0.6) is 11.5 Å². The molecule has 116 valence electrons. The standard InChI is InChI=1S/C16H17NO4S/c1-12(17-22(18,19)13-7-3-2-4-8-13)16-11-20-14-9-5-6-10-15(14)21-16/h2-10,12,16-17H,11H2,1H3/t12-,16+/m1/s1. The van der Waals surface area contributed by atoms with Gasteiger partial charge in [0.05, 0.1) is 10.9 Å². The van der Waals surface area contributed by atoms with Crippen molar-refractivity contribution in [2.24, 2.45) is 0 Å². The van der Waals surface area contributed by atoms with E-state index in [-0.39, 0.29) is 11.0 Å². The number of fused-ring (bicyclic) bond motifs is 1. The van der Waals surface area contributed by atoms with E-state index in [0.29, 0.717) is 18.1 Å². The van der Waals surface area contributed by atoms with Gasteiger partial charge in [0.2, 0.25) is 10.0 Å². The predicted octanol–water partition coefficient (Wildman–Crippen LogP) is 2.19. The van der Waals surface area contributed by atoms with Crippen LogP contribution in [-0.2, 0) is 10.0 Å². The number of ether oxygens (including phenoxy) is 2. The lowest BCUT2D eigenvalue weighted by atomic mass is 10.2. The van der Waals surface area contributed by atoms with Gasteiger partial charge in [-0.3, -0.25) is 0 Å². The number of nitrogens with one attached hydrogen (secondary N) is 1. The Morgan fingerprint density at radius 3 is 2.41 bits per heavy atom. The first-order chi connectivity index (χ1) is 10.6. The number of rotatable bonds is 4. The summed E-state index contributed by atoms with van der Waals surface area (Å²) in [6.45, 7) is 2.07. The Kier molecular flexibility index (Phi) is 4.04. The average Bonchev–Trinajstić information content (AvgIpc) is 2.55. The van der Waals surface area contributed by atoms with E-state index >= 15 is 0 Å². The van der Waals surface area contributed by atoms with E-state index in [1.807, 2.05) is 18.2 Å². The molecule has 0 radical (unpaired) electrons. The second kappa shape index (κ2) is 5.98. The molecule has 1 aliphatic heterocycles. The Morgan fingerprint density at radius 2 is 1.68 bits per heavy atom. The van der Waals surface area contributed by atoms with Crippen molar-refractivity contribution >= 4 is 10.0 Å². The van der Waals surface area contributed by atoms with E-state index < -0.39 is 16.1 Å². The molecule has 1 N–H and O–H groups in total. The van der Waals surface area contributed by atoms with Crippen molar-refractivity contribution < 1.29 is 17.9 Å². The third-order valence-electron chi connectivity index (χ3n) is 3.48. The highest BCUT2D eigenvalue weighted by Gasteiger charge is 2.29. The molecule has 0 fully saturated rings. The molecule has 2 atom stereocenters. The molecule has 2 aromatic carbocycles. The lowest BCUT2D eigenvalue weighted by molar-refractivity contribution is 0.0725. The Morgan fingerprint density at radius 1 is 1.05 bits per heavy atom. The molecule has 0 bridgehead atoms. The maximum absolute atomic E-state index is 12.3. The van der Waals surface area contributed by atoms with Crippen molar-refractivity contribution in [2.75, 3.05) is 6.61 Å². The third-order valence-corrected chi connectivity index (χ3v) is 5.06. The van der Waals surface area contributed by atoms with E-state index in [4.69, 9.17) is 9.47 Å². The van der Waals surface area contributed by atoms with E-state index in [9.17, 15) is 8.42 Å². The number of hydrogen-bond donors (Lipinski definition) is 1. The maximum Gasteiger partial charge on any atom is 0.240 e.